The topological polar surface area (TPSA) is 3.24 Å². The smallest absolute Gasteiger partial charge is 0.0190 e. The summed E-state index contributed by atoms with van der Waals surface area (Å²) in [6, 6.07) is 9.99. The van der Waals surface area contributed by atoms with E-state index in [-0.39, 0.29) is 0 Å². The van der Waals surface area contributed by atoms with Crippen LogP contribution in [0.3, 0.4) is 0 Å². The van der Waals surface area contributed by atoms with Crippen LogP contribution in [0.1, 0.15) is 37.3 Å². The van der Waals surface area contributed by atoms with E-state index in [1.54, 1.807) is 11.1 Å². The van der Waals surface area contributed by atoms with E-state index in [0.717, 1.165) is 12.0 Å². The highest BCUT2D eigenvalue weighted by Gasteiger charge is 2.51. The third-order valence-corrected chi connectivity index (χ3v) is 5.82. The molecule has 1 aliphatic heterocycles. The van der Waals surface area contributed by atoms with Gasteiger partial charge in [0.05, 0.1) is 0 Å². The Morgan fingerprint density at radius 2 is 2.21 bits per heavy atom. The van der Waals surface area contributed by atoms with E-state index in [0.29, 0.717) is 5.41 Å². The molecule has 0 spiro atoms. The van der Waals surface area contributed by atoms with Crippen LogP contribution in [0.2, 0.25) is 0 Å². The van der Waals surface area contributed by atoms with Gasteiger partial charge in [0.15, 0.2) is 0 Å². The minimum Gasteiger partial charge on any atom is -0.300 e. The van der Waals surface area contributed by atoms with E-state index in [2.05, 4.69) is 48.2 Å². The van der Waals surface area contributed by atoms with Gasteiger partial charge in [0.2, 0.25) is 0 Å². The molecule has 3 atom stereocenters. The molecule has 0 radical (unpaired) electrons. The molecule has 1 aromatic carbocycles. The Hall–Kier alpha value is -1.08. The lowest BCUT2D eigenvalue weighted by atomic mass is 9.54. The Morgan fingerprint density at radius 3 is 3.11 bits per heavy atom. The number of fused-ring (bicyclic) bond motifs is 1. The second-order valence-electron chi connectivity index (χ2n) is 6.43. The zero-order valence-corrected chi connectivity index (χ0v) is 11.8. The lowest BCUT2D eigenvalue weighted by Crippen LogP contribution is -2.59. The van der Waals surface area contributed by atoms with Gasteiger partial charge in [-0.15, -0.1) is 0 Å². The third kappa shape index (κ3) is 1.51. The van der Waals surface area contributed by atoms with Crippen LogP contribution in [-0.4, -0.2) is 24.0 Å². The van der Waals surface area contributed by atoms with Gasteiger partial charge >= 0.3 is 0 Å². The molecule has 100 valence electrons. The molecule has 1 fully saturated rings. The van der Waals surface area contributed by atoms with Gasteiger partial charge in [-0.25, -0.2) is 0 Å². The van der Waals surface area contributed by atoms with Crippen molar-refractivity contribution < 1.29 is 0 Å². The molecule has 1 nitrogen and oxygen atoms in total. The molecule has 3 aliphatic rings. The fourth-order valence-electron chi connectivity index (χ4n) is 4.97. The van der Waals surface area contributed by atoms with Gasteiger partial charge in [-0.2, -0.15) is 0 Å². The first kappa shape index (κ1) is 11.7. The van der Waals surface area contributed by atoms with Crippen molar-refractivity contribution in [1.29, 1.82) is 0 Å². The van der Waals surface area contributed by atoms with Crippen molar-refractivity contribution in [2.75, 3.05) is 13.1 Å². The molecule has 0 aromatic heterocycles. The van der Waals surface area contributed by atoms with E-state index >= 15 is 0 Å². The summed E-state index contributed by atoms with van der Waals surface area (Å²) in [6.45, 7) is 4.81. The Labute approximate surface area is 116 Å². The number of piperidine rings is 1. The van der Waals surface area contributed by atoms with Crippen LogP contribution < -0.4 is 0 Å². The molecule has 1 aromatic rings. The van der Waals surface area contributed by atoms with Gasteiger partial charge in [0.1, 0.15) is 0 Å². The largest absolute Gasteiger partial charge is 0.300 e. The van der Waals surface area contributed by atoms with Gasteiger partial charge in [-0.1, -0.05) is 43.3 Å². The highest BCUT2D eigenvalue weighted by Crippen LogP contribution is 2.53. The van der Waals surface area contributed by atoms with Crippen LogP contribution in [0.4, 0.5) is 0 Å². The Morgan fingerprint density at radius 1 is 1.32 bits per heavy atom. The number of benzene rings is 1. The molecular formula is C18H23N. The molecule has 19 heavy (non-hydrogen) atoms. The summed E-state index contributed by atoms with van der Waals surface area (Å²) >= 11 is 0. The zero-order chi connectivity index (χ0) is 12.9. The number of hydrogen-bond acceptors (Lipinski definition) is 1. The van der Waals surface area contributed by atoms with E-state index < -0.39 is 0 Å². The van der Waals surface area contributed by atoms with Crippen molar-refractivity contribution in [2.24, 2.45) is 5.92 Å². The summed E-state index contributed by atoms with van der Waals surface area (Å²) in [5, 5.41) is 0. The molecule has 0 unspecified atom stereocenters. The first-order chi connectivity index (χ1) is 9.35. The van der Waals surface area contributed by atoms with Crippen LogP contribution >= 0.6 is 0 Å². The highest BCUT2D eigenvalue weighted by atomic mass is 15.2. The maximum atomic E-state index is 2.73. The van der Waals surface area contributed by atoms with Crippen LogP contribution in [0.25, 0.3) is 0 Å². The number of hydrogen-bond donors (Lipinski definition) is 0. The van der Waals surface area contributed by atoms with Gasteiger partial charge in [-0.3, -0.25) is 4.90 Å². The van der Waals surface area contributed by atoms with E-state index in [9.17, 15) is 0 Å². The molecule has 1 heteroatoms. The lowest BCUT2D eigenvalue weighted by molar-refractivity contribution is 0.0305. The van der Waals surface area contributed by atoms with Crippen molar-refractivity contribution in [2.45, 2.75) is 44.1 Å². The van der Waals surface area contributed by atoms with Gasteiger partial charge in [0.25, 0.3) is 0 Å². The molecular weight excluding hydrogens is 230 g/mol. The van der Waals surface area contributed by atoms with Gasteiger partial charge < -0.3 is 0 Å². The minimum atomic E-state index is 0.365. The van der Waals surface area contributed by atoms with E-state index in [1.165, 1.54) is 38.8 Å². The number of nitrogens with zero attached hydrogens (tertiary/aromatic N) is 1. The first-order valence-electron chi connectivity index (χ1n) is 7.85. The molecule has 1 saturated heterocycles. The molecule has 2 aliphatic carbocycles. The predicted octanol–water partition coefficient (Wildman–Crippen LogP) is 3.54. The van der Waals surface area contributed by atoms with Crippen molar-refractivity contribution in [3.63, 3.8) is 0 Å². The van der Waals surface area contributed by atoms with Crippen molar-refractivity contribution in [3.8, 4) is 0 Å². The molecule has 0 saturated carbocycles. The quantitative estimate of drug-likeness (QED) is 0.692. The highest BCUT2D eigenvalue weighted by molar-refractivity contribution is 5.45. The SMILES string of the molecule is CCN1CC[C@]23C=CCC[C@H]2[C@H]1Cc1ccccc13. The molecule has 2 bridgehead atoms. The number of rotatable bonds is 1. The summed E-state index contributed by atoms with van der Waals surface area (Å²) in [5.74, 6) is 0.848. The monoisotopic (exact) mass is 253 g/mol. The second kappa shape index (κ2) is 4.21. The average Bonchev–Trinajstić information content (AvgIpc) is 2.47. The Balaban J connectivity index is 1.90. The second-order valence-corrected chi connectivity index (χ2v) is 6.43. The lowest BCUT2D eigenvalue weighted by Gasteiger charge is -2.57. The summed E-state index contributed by atoms with van der Waals surface area (Å²) in [6.07, 6.45) is 10.3. The zero-order valence-electron chi connectivity index (χ0n) is 11.8. The van der Waals surface area contributed by atoms with Crippen molar-refractivity contribution in [3.05, 3.63) is 47.5 Å². The molecule has 1 heterocycles. The maximum absolute atomic E-state index is 2.73. The fourth-order valence-corrected chi connectivity index (χ4v) is 4.97. The van der Waals surface area contributed by atoms with Crippen LogP contribution in [0.5, 0.6) is 0 Å². The maximum Gasteiger partial charge on any atom is 0.0190 e. The number of allylic oxidation sites excluding steroid dienone is 2. The fraction of sp³-hybridized carbons (Fsp3) is 0.556. The van der Waals surface area contributed by atoms with E-state index in [1.807, 2.05) is 0 Å². The standard InChI is InChI=1S/C18H23N/c1-2-19-12-11-18-10-6-5-9-16(18)17(19)13-14-7-3-4-8-15(14)18/h3-4,6-8,10,16-17H,2,5,9,11-13H2,1H3/t16-,17+,18-/m0/s1. The number of likely N-dealkylation sites (tertiary alicyclic amines) is 1. The van der Waals surface area contributed by atoms with Gasteiger partial charge in [-0.05, 0) is 55.8 Å². The average molecular weight is 253 g/mol. The summed E-state index contributed by atoms with van der Waals surface area (Å²) < 4.78 is 0. The van der Waals surface area contributed by atoms with Crippen LogP contribution in [0, 0.1) is 5.92 Å². The molecule has 4 rings (SSSR count). The summed E-state index contributed by atoms with van der Waals surface area (Å²) in [5.41, 5.74) is 3.61. The minimum absolute atomic E-state index is 0.365. The normalized spacial score (nSPS) is 36.7. The van der Waals surface area contributed by atoms with Crippen molar-refractivity contribution in [1.82, 2.24) is 4.90 Å². The molecule has 0 amide bonds. The van der Waals surface area contributed by atoms with E-state index in [4.69, 9.17) is 0 Å². The molecule has 0 N–H and O–H groups in total. The van der Waals surface area contributed by atoms with Crippen LogP contribution in [-0.2, 0) is 11.8 Å². The third-order valence-electron chi connectivity index (χ3n) is 5.82. The van der Waals surface area contributed by atoms with Crippen molar-refractivity contribution >= 4 is 0 Å². The Bertz CT molecular complexity index is 518. The Kier molecular flexibility index (Phi) is 2.60. The summed E-state index contributed by atoms with van der Waals surface area (Å²) in [4.78, 5) is 2.73. The number of likely N-dealkylation sites (N-methyl/N-ethyl adjacent to an activating group) is 1. The van der Waals surface area contributed by atoms with Crippen LogP contribution in [0.15, 0.2) is 36.4 Å². The summed E-state index contributed by atoms with van der Waals surface area (Å²) in [7, 11) is 0. The predicted molar refractivity (Wildman–Crippen MR) is 79.3 cm³/mol. The van der Waals surface area contributed by atoms with Gasteiger partial charge in [0, 0.05) is 11.5 Å². The first-order valence-corrected chi connectivity index (χ1v) is 7.85.